The summed E-state index contributed by atoms with van der Waals surface area (Å²) in [5.74, 6) is -0.331. The molecule has 0 heterocycles. The van der Waals surface area contributed by atoms with Crippen LogP contribution < -0.4 is 5.32 Å². The molecule has 2 amide bonds. The van der Waals surface area contributed by atoms with Crippen LogP contribution in [0.25, 0.3) is 0 Å². The van der Waals surface area contributed by atoms with Crippen LogP contribution in [0.4, 0.5) is 0 Å². The first kappa shape index (κ1) is 23.5. The van der Waals surface area contributed by atoms with Crippen molar-refractivity contribution in [2.45, 2.75) is 52.2 Å². The van der Waals surface area contributed by atoms with Gasteiger partial charge in [0.15, 0.2) is 0 Å². The predicted molar refractivity (Wildman–Crippen MR) is 120 cm³/mol. The predicted octanol–water partition coefficient (Wildman–Crippen LogP) is 5.52. The van der Waals surface area contributed by atoms with Gasteiger partial charge >= 0.3 is 0 Å². The summed E-state index contributed by atoms with van der Waals surface area (Å²) in [7, 11) is 0. The van der Waals surface area contributed by atoms with Gasteiger partial charge in [-0.15, -0.1) is 0 Å². The average molecular weight is 456 g/mol. The standard InChI is InChI=1S/C22H25Cl3N2O2/c1-4-20(22(29)26-14(2)3)27(13-15-5-8-17(23)9-6-15)21(28)12-16-7-10-18(24)19(25)11-16/h5-11,14,20H,4,12-13H2,1-3H3,(H,26,29)/t20-/m1/s1. The van der Waals surface area contributed by atoms with Crippen LogP contribution in [0.5, 0.6) is 0 Å². The largest absolute Gasteiger partial charge is 0.352 e. The van der Waals surface area contributed by atoms with Gasteiger partial charge in [0, 0.05) is 17.6 Å². The number of nitrogens with one attached hydrogen (secondary N) is 1. The van der Waals surface area contributed by atoms with Crippen molar-refractivity contribution in [3.05, 3.63) is 68.7 Å². The molecule has 0 aliphatic carbocycles. The van der Waals surface area contributed by atoms with E-state index in [1.807, 2.05) is 32.9 Å². The van der Waals surface area contributed by atoms with Gasteiger partial charge in [0.05, 0.1) is 16.5 Å². The quantitative estimate of drug-likeness (QED) is 0.569. The zero-order valence-corrected chi connectivity index (χ0v) is 19.0. The fraction of sp³-hybridized carbons (Fsp3) is 0.364. The van der Waals surface area contributed by atoms with E-state index in [1.165, 1.54) is 0 Å². The van der Waals surface area contributed by atoms with Gasteiger partial charge in [-0.25, -0.2) is 0 Å². The van der Waals surface area contributed by atoms with E-state index < -0.39 is 6.04 Å². The Morgan fingerprint density at radius 2 is 1.59 bits per heavy atom. The molecule has 0 aromatic heterocycles. The lowest BCUT2D eigenvalue weighted by atomic mass is 10.1. The summed E-state index contributed by atoms with van der Waals surface area (Å²) >= 11 is 18.0. The average Bonchev–Trinajstić information content (AvgIpc) is 2.65. The highest BCUT2D eigenvalue weighted by Crippen LogP contribution is 2.24. The van der Waals surface area contributed by atoms with Gasteiger partial charge in [-0.3, -0.25) is 9.59 Å². The smallest absolute Gasteiger partial charge is 0.243 e. The second kappa shape index (κ2) is 10.9. The first-order chi connectivity index (χ1) is 13.7. The monoisotopic (exact) mass is 454 g/mol. The van der Waals surface area contributed by atoms with Crippen molar-refractivity contribution in [3.8, 4) is 0 Å². The van der Waals surface area contributed by atoms with Crippen molar-refractivity contribution in [1.82, 2.24) is 10.2 Å². The topological polar surface area (TPSA) is 49.4 Å². The van der Waals surface area contributed by atoms with Crippen molar-refractivity contribution >= 4 is 46.6 Å². The number of hydrogen-bond donors (Lipinski definition) is 1. The van der Waals surface area contributed by atoms with Gasteiger partial charge < -0.3 is 10.2 Å². The van der Waals surface area contributed by atoms with Crippen LogP contribution in [0.1, 0.15) is 38.3 Å². The van der Waals surface area contributed by atoms with E-state index in [9.17, 15) is 9.59 Å². The summed E-state index contributed by atoms with van der Waals surface area (Å²) in [4.78, 5) is 27.6. The van der Waals surface area contributed by atoms with Crippen molar-refractivity contribution in [2.24, 2.45) is 0 Å². The van der Waals surface area contributed by atoms with E-state index in [0.717, 1.165) is 11.1 Å². The van der Waals surface area contributed by atoms with Gasteiger partial charge in [0.25, 0.3) is 0 Å². The zero-order chi connectivity index (χ0) is 21.6. The van der Waals surface area contributed by atoms with Crippen LogP contribution in [0.15, 0.2) is 42.5 Å². The van der Waals surface area contributed by atoms with Crippen molar-refractivity contribution in [3.63, 3.8) is 0 Å². The van der Waals surface area contributed by atoms with E-state index in [2.05, 4.69) is 5.32 Å². The maximum Gasteiger partial charge on any atom is 0.243 e. The molecule has 0 aliphatic rings. The molecule has 0 bridgehead atoms. The SMILES string of the molecule is CC[C@H](C(=O)NC(C)C)N(Cc1ccc(Cl)cc1)C(=O)Cc1ccc(Cl)c(Cl)c1. The van der Waals surface area contributed by atoms with Crippen LogP contribution in [0.2, 0.25) is 15.1 Å². The Morgan fingerprint density at radius 1 is 0.966 bits per heavy atom. The summed E-state index contributed by atoms with van der Waals surface area (Å²) in [6, 6.07) is 11.8. The Hall–Kier alpha value is -1.75. The minimum absolute atomic E-state index is 0.0147. The third-order valence-corrected chi connectivity index (χ3v) is 5.41. The Morgan fingerprint density at radius 3 is 2.14 bits per heavy atom. The van der Waals surface area contributed by atoms with Crippen LogP contribution in [-0.4, -0.2) is 28.8 Å². The minimum Gasteiger partial charge on any atom is -0.352 e. The lowest BCUT2D eigenvalue weighted by Crippen LogP contribution is -2.50. The molecule has 0 unspecified atom stereocenters. The van der Waals surface area contributed by atoms with E-state index in [-0.39, 0.29) is 24.3 Å². The third kappa shape index (κ3) is 6.91. The molecule has 4 nitrogen and oxygen atoms in total. The molecule has 0 saturated carbocycles. The van der Waals surface area contributed by atoms with Crippen molar-refractivity contribution < 1.29 is 9.59 Å². The third-order valence-electron chi connectivity index (χ3n) is 4.42. The zero-order valence-electron chi connectivity index (χ0n) is 16.7. The van der Waals surface area contributed by atoms with Crippen LogP contribution in [0.3, 0.4) is 0 Å². The van der Waals surface area contributed by atoms with Gasteiger partial charge in [0.2, 0.25) is 11.8 Å². The molecular weight excluding hydrogens is 431 g/mol. The highest BCUT2D eigenvalue weighted by molar-refractivity contribution is 6.42. The molecule has 0 fully saturated rings. The Labute approximate surface area is 187 Å². The van der Waals surface area contributed by atoms with Gasteiger partial charge in [0.1, 0.15) is 6.04 Å². The number of halogens is 3. The molecular formula is C22H25Cl3N2O2. The van der Waals surface area contributed by atoms with E-state index in [1.54, 1.807) is 35.2 Å². The maximum absolute atomic E-state index is 13.2. The lowest BCUT2D eigenvalue weighted by Gasteiger charge is -2.31. The summed E-state index contributed by atoms with van der Waals surface area (Å²) in [6.07, 6.45) is 0.620. The number of benzene rings is 2. The van der Waals surface area contributed by atoms with Gasteiger partial charge in [-0.05, 0) is 55.7 Å². The Kier molecular flexibility index (Phi) is 8.81. The summed E-state index contributed by atoms with van der Waals surface area (Å²) in [5.41, 5.74) is 1.64. The first-order valence-electron chi connectivity index (χ1n) is 9.49. The minimum atomic E-state index is -0.580. The second-order valence-electron chi connectivity index (χ2n) is 7.16. The normalized spacial score (nSPS) is 12.0. The Bertz CT molecular complexity index is 854. The fourth-order valence-corrected chi connectivity index (χ4v) is 3.46. The Balaban J connectivity index is 2.30. The highest BCUT2D eigenvalue weighted by atomic mass is 35.5. The molecule has 0 saturated heterocycles. The molecule has 2 rings (SSSR count). The number of hydrogen-bond acceptors (Lipinski definition) is 2. The highest BCUT2D eigenvalue weighted by Gasteiger charge is 2.29. The molecule has 0 aliphatic heterocycles. The molecule has 1 atom stereocenters. The van der Waals surface area contributed by atoms with Crippen molar-refractivity contribution in [2.75, 3.05) is 0 Å². The van der Waals surface area contributed by atoms with Crippen molar-refractivity contribution in [1.29, 1.82) is 0 Å². The molecule has 156 valence electrons. The molecule has 1 N–H and O–H groups in total. The maximum atomic E-state index is 13.2. The van der Waals surface area contributed by atoms with Gasteiger partial charge in [-0.1, -0.05) is 59.9 Å². The number of nitrogens with zero attached hydrogens (tertiary/aromatic N) is 1. The molecule has 2 aromatic rings. The summed E-state index contributed by atoms with van der Waals surface area (Å²) in [6.45, 7) is 5.99. The van der Waals surface area contributed by atoms with E-state index in [0.29, 0.717) is 28.0 Å². The number of carbonyl (C=O) groups excluding carboxylic acids is 2. The molecule has 29 heavy (non-hydrogen) atoms. The number of amides is 2. The van der Waals surface area contributed by atoms with Crippen LogP contribution in [-0.2, 0) is 22.6 Å². The molecule has 7 heteroatoms. The fourth-order valence-electron chi connectivity index (χ4n) is 3.01. The van der Waals surface area contributed by atoms with E-state index >= 15 is 0 Å². The summed E-state index contributed by atoms with van der Waals surface area (Å²) < 4.78 is 0. The summed E-state index contributed by atoms with van der Waals surface area (Å²) in [5, 5.41) is 4.36. The lowest BCUT2D eigenvalue weighted by molar-refractivity contribution is -0.141. The molecule has 0 radical (unpaired) electrons. The second-order valence-corrected chi connectivity index (χ2v) is 8.41. The first-order valence-corrected chi connectivity index (χ1v) is 10.6. The van der Waals surface area contributed by atoms with Crippen LogP contribution >= 0.6 is 34.8 Å². The van der Waals surface area contributed by atoms with Crippen LogP contribution in [0, 0.1) is 0 Å². The number of rotatable bonds is 8. The molecule has 2 aromatic carbocycles. The van der Waals surface area contributed by atoms with Gasteiger partial charge in [-0.2, -0.15) is 0 Å². The van der Waals surface area contributed by atoms with E-state index in [4.69, 9.17) is 34.8 Å². The number of carbonyl (C=O) groups is 2. The molecule has 0 spiro atoms.